The Kier molecular flexibility index (Phi) is 5.46. The second-order valence-electron chi connectivity index (χ2n) is 5.40. The van der Waals surface area contributed by atoms with Crippen molar-refractivity contribution < 1.29 is 19.1 Å². The van der Waals surface area contributed by atoms with Gasteiger partial charge in [-0.15, -0.1) is 0 Å². The van der Waals surface area contributed by atoms with Gasteiger partial charge in [-0.05, 0) is 35.7 Å². The van der Waals surface area contributed by atoms with Crippen molar-refractivity contribution in [3.05, 3.63) is 71.0 Å². The smallest absolute Gasteiger partial charge is 0.326 e. The van der Waals surface area contributed by atoms with Gasteiger partial charge in [-0.2, -0.15) is 0 Å². The molecule has 0 fully saturated rings. The van der Waals surface area contributed by atoms with Crippen molar-refractivity contribution in [1.29, 1.82) is 0 Å². The van der Waals surface area contributed by atoms with Gasteiger partial charge in [0, 0.05) is 6.42 Å². The first-order chi connectivity index (χ1) is 11.0. The zero-order valence-electron chi connectivity index (χ0n) is 12.8. The monoisotopic (exact) mass is 315 g/mol. The van der Waals surface area contributed by atoms with E-state index in [1.807, 2.05) is 31.2 Å². The lowest BCUT2D eigenvalue weighted by Gasteiger charge is -2.16. The molecule has 0 unspecified atom stereocenters. The summed E-state index contributed by atoms with van der Waals surface area (Å²) in [7, 11) is 0. The molecule has 0 aliphatic carbocycles. The van der Waals surface area contributed by atoms with Crippen LogP contribution in [0.4, 0.5) is 4.39 Å². The summed E-state index contributed by atoms with van der Waals surface area (Å²) < 4.78 is 13.1. The minimum Gasteiger partial charge on any atom is -0.480 e. The predicted octanol–water partition coefficient (Wildman–Crippen LogP) is 2.49. The number of rotatable bonds is 6. The topological polar surface area (TPSA) is 66.4 Å². The van der Waals surface area contributed by atoms with Crippen molar-refractivity contribution >= 4 is 11.9 Å². The van der Waals surface area contributed by atoms with Crippen LogP contribution in [0.2, 0.25) is 0 Å². The molecule has 5 heteroatoms. The molecular formula is C18H18FNO3. The maximum atomic E-state index is 13.1. The van der Waals surface area contributed by atoms with E-state index in [-0.39, 0.29) is 12.8 Å². The highest BCUT2D eigenvalue weighted by molar-refractivity contribution is 5.85. The highest BCUT2D eigenvalue weighted by Gasteiger charge is 2.21. The van der Waals surface area contributed by atoms with Gasteiger partial charge in [0.05, 0.1) is 6.42 Å². The van der Waals surface area contributed by atoms with Gasteiger partial charge in [0.2, 0.25) is 5.91 Å². The quantitative estimate of drug-likeness (QED) is 0.860. The molecule has 120 valence electrons. The molecule has 0 heterocycles. The summed E-state index contributed by atoms with van der Waals surface area (Å²) in [6.07, 6.45) is 0.145. The number of amides is 1. The number of halogens is 1. The Morgan fingerprint density at radius 3 is 2.57 bits per heavy atom. The molecule has 2 aromatic carbocycles. The normalized spacial score (nSPS) is 11.7. The Morgan fingerprint density at radius 1 is 1.17 bits per heavy atom. The fourth-order valence-corrected chi connectivity index (χ4v) is 2.34. The van der Waals surface area contributed by atoms with Gasteiger partial charge >= 0.3 is 5.97 Å². The van der Waals surface area contributed by atoms with Gasteiger partial charge in [-0.1, -0.05) is 36.4 Å². The zero-order chi connectivity index (χ0) is 16.8. The molecule has 2 aromatic rings. The van der Waals surface area contributed by atoms with Gasteiger partial charge in [0.25, 0.3) is 0 Å². The van der Waals surface area contributed by atoms with E-state index < -0.39 is 23.7 Å². The van der Waals surface area contributed by atoms with Crippen LogP contribution in [0.5, 0.6) is 0 Å². The van der Waals surface area contributed by atoms with Crippen LogP contribution in [-0.4, -0.2) is 23.0 Å². The first-order valence-corrected chi connectivity index (χ1v) is 7.27. The SMILES string of the molecule is Cc1ccccc1C[C@@H](NC(=O)Cc1cccc(F)c1)C(=O)O. The zero-order valence-corrected chi connectivity index (χ0v) is 12.8. The fraction of sp³-hybridized carbons (Fsp3) is 0.222. The third kappa shape index (κ3) is 4.92. The molecule has 0 aliphatic rings. The molecule has 2 N–H and O–H groups in total. The summed E-state index contributed by atoms with van der Waals surface area (Å²) >= 11 is 0. The van der Waals surface area contributed by atoms with Crippen molar-refractivity contribution in [2.75, 3.05) is 0 Å². The number of hydrogen-bond donors (Lipinski definition) is 2. The fourth-order valence-electron chi connectivity index (χ4n) is 2.34. The Labute approximate surface area is 134 Å². The molecular weight excluding hydrogens is 297 g/mol. The van der Waals surface area contributed by atoms with Crippen molar-refractivity contribution in [1.82, 2.24) is 5.32 Å². The predicted molar refractivity (Wildman–Crippen MR) is 84.6 cm³/mol. The van der Waals surface area contributed by atoms with E-state index in [1.54, 1.807) is 6.07 Å². The number of nitrogens with one attached hydrogen (secondary N) is 1. The van der Waals surface area contributed by atoms with E-state index >= 15 is 0 Å². The van der Waals surface area contributed by atoms with E-state index in [4.69, 9.17) is 0 Å². The number of aliphatic carboxylic acids is 1. The molecule has 1 atom stereocenters. The molecule has 23 heavy (non-hydrogen) atoms. The molecule has 0 aromatic heterocycles. The van der Waals surface area contributed by atoms with Crippen LogP contribution < -0.4 is 5.32 Å². The van der Waals surface area contributed by atoms with Crippen LogP contribution in [0.1, 0.15) is 16.7 Å². The van der Waals surface area contributed by atoms with E-state index in [9.17, 15) is 19.1 Å². The molecule has 0 saturated heterocycles. The Bertz CT molecular complexity index is 715. The van der Waals surface area contributed by atoms with Crippen molar-refractivity contribution in [2.24, 2.45) is 0 Å². The van der Waals surface area contributed by atoms with Gasteiger partial charge in [-0.3, -0.25) is 4.79 Å². The number of carbonyl (C=O) groups excluding carboxylic acids is 1. The minimum atomic E-state index is -1.10. The number of carboxylic acids is 1. The summed E-state index contributed by atoms with van der Waals surface area (Å²) in [5.41, 5.74) is 2.34. The van der Waals surface area contributed by atoms with Crippen LogP contribution in [-0.2, 0) is 22.4 Å². The van der Waals surface area contributed by atoms with Crippen LogP contribution in [0, 0.1) is 12.7 Å². The molecule has 0 bridgehead atoms. The van der Waals surface area contributed by atoms with Crippen LogP contribution in [0.25, 0.3) is 0 Å². The highest BCUT2D eigenvalue weighted by Crippen LogP contribution is 2.10. The molecule has 2 rings (SSSR count). The summed E-state index contributed by atoms with van der Waals surface area (Å²) in [4.78, 5) is 23.4. The number of hydrogen-bond acceptors (Lipinski definition) is 2. The Balaban J connectivity index is 2.03. The standard InChI is InChI=1S/C18H18FNO3/c1-12-5-2-3-7-14(12)11-16(18(22)23)20-17(21)10-13-6-4-8-15(19)9-13/h2-9,16H,10-11H2,1H3,(H,20,21)(H,22,23)/t16-/m1/s1. The lowest BCUT2D eigenvalue weighted by atomic mass is 10.0. The number of carboxylic acid groups (broad SMARTS) is 1. The van der Waals surface area contributed by atoms with Gasteiger partial charge in [-0.25, -0.2) is 9.18 Å². The van der Waals surface area contributed by atoms with E-state index in [0.717, 1.165) is 11.1 Å². The number of aryl methyl sites for hydroxylation is 1. The number of benzene rings is 2. The van der Waals surface area contributed by atoms with Crippen molar-refractivity contribution in [3.8, 4) is 0 Å². The maximum absolute atomic E-state index is 13.1. The first kappa shape index (κ1) is 16.7. The molecule has 0 aliphatic heterocycles. The van der Waals surface area contributed by atoms with Crippen LogP contribution >= 0.6 is 0 Å². The first-order valence-electron chi connectivity index (χ1n) is 7.27. The molecule has 0 radical (unpaired) electrons. The average Bonchev–Trinajstić information content (AvgIpc) is 2.48. The van der Waals surface area contributed by atoms with Crippen molar-refractivity contribution in [3.63, 3.8) is 0 Å². The molecule has 4 nitrogen and oxygen atoms in total. The minimum absolute atomic E-state index is 0.0602. The van der Waals surface area contributed by atoms with E-state index in [0.29, 0.717) is 5.56 Å². The van der Waals surface area contributed by atoms with E-state index in [1.165, 1.54) is 18.2 Å². The largest absolute Gasteiger partial charge is 0.480 e. The lowest BCUT2D eigenvalue weighted by molar-refractivity contribution is -0.141. The summed E-state index contributed by atoms with van der Waals surface area (Å²) in [5.74, 6) is -1.97. The van der Waals surface area contributed by atoms with Gasteiger partial charge < -0.3 is 10.4 Å². The Morgan fingerprint density at radius 2 is 1.91 bits per heavy atom. The molecule has 1 amide bonds. The molecule has 0 spiro atoms. The third-order valence-electron chi connectivity index (χ3n) is 3.57. The van der Waals surface area contributed by atoms with Crippen LogP contribution in [0.3, 0.4) is 0 Å². The Hall–Kier alpha value is -2.69. The van der Waals surface area contributed by atoms with Crippen LogP contribution in [0.15, 0.2) is 48.5 Å². The summed E-state index contributed by atoms with van der Waals surface area (Å²) in [6, 6.07) is 12.1. The average molecular weight is 315 g/mol. The summed E-state index contributed by atoms with van der Waals surface area (Å²) in [6.45, 7) is 1.89. The highest BCUT2D eigenvalue weighted by atomic mass is 19.1. The van der Waals surface area contributed by atoms with Gasteiger partial charge in [0.1, 0.15) is 11.9 Å². The third-order valence-corrected chi connectivity index (χ3v) is 3.57. The maximum Gasteiger partial charge on any atom is 0.326 e. The summed E-state index contributed by atoms with van der Waals surface area (Å²) in [5, 5.41) is 11.8. The molecule has 0 saturated carbocycles. The van der Waals surface area contributed by atoms with Crippen molar-refractivity contribution in [2.45, 2.75) is 25.8 Å². The second-order valence-corrected chi connectivity index (χ2v) is 5.40. The van der Waals surface area contributed by atoms with Gasteiger partial charge in [0.15, 0.2) is 0 Å². The number of carbonyl (C=O) groups is 2. The lowest BCUT2D eigenvalue weighted by Crippen LogP contribution is -2.43. The second kappa shape index (κ2) is 7.54. The van der Waals surface area contributed by atoms with E-state index in [2.05, 4.69) is 5.32 Å².